The van der Waals surface area contributed by atoms with Crippen LogP contribution in [0.1, 0.15) is 12.7 Å². The largest absolute Gasteiger partial charge is 0.457 e. The minimum atomic E-state index is -0.267. The lowest BCUT2D eigenvalue weighted by Crippen LogP contribution is -1.82. The van der Waals surface area contributed by atoms with Gasteiger partial charge in [0.1, 0.15) is 17.3 Å². The van der Waals surface area contributed by atoms with Gasteiger partial charge in [-0.05, 0) is 55.0 Å². The van der Waals surface area contributed by atoms with Gasteiger partial charge in [0.15, 0.2) is 0 Å². The molecule has 0 amide bonds. The molecule has 0 atom stereocenters. The zero-order valence-electron chi connectivity index (χ0n) is 9.48. The average Bonchev–Trinajstić information content (AvgIpc) is 2.78. The van der Waals surface area contributed by atoms with Crippen molar-refractivity contribution in [2.45, 2.75) is 6.92 Å². The van der Waals surface area contributed by atoms with Crippen LogP contribution in [0.3, 0.4) is 0 Å². The van der Waals surface area contributed by atoms with E-state index in [0.29, 0.717) is 11.5 Å². The lowest BCUT2D eigenvalue weighted by Gasteiger charge is -1.96. The first-order chi connectivity index (χ1) is 8.19. The molecule has 0 spiro atoms. The quantitative estimate of drug-likeness (QED) is 0.878. The molecule has 2 rings (SSSR count). The summed E-state index contributed by atoms with van der Waals surface area (Å²) in [4.78, 5) is 0. The summed E-state index contributed by atoms with van der Waals surface area (Å²) in [5.74, 6) is 1.09. The second kappa shape index (κ2) is 4.97. The average molecular weight is 232 g/mol. The standard InChI is InChI=1S/C14H13FO2/c1-10(9-16)8-13-6-7-14(17-13)11-2-4-12(15)5-3-11/h2-8,16H,9H2,1H3. The molecule has 0 bridgehead atoms. The molecule has 0 unspecified atom stereocenters. The summed E-state index contributed by atoms with van der Waals surface area (Å²) < 4.78 is 18.3. The van der Waals surface area contributed by atoms with Gasteiger partial charge >= 0.3 is 0 Å². The van der Waals surface area contributed by atoms with Crippen molar-refractivity contribution < 1.29 is 13.9 Å². The lowest BCUT2D eigenvalue weighted by atomic mass is 10.2. The topological polar surface area (TPSA) is 33.4 Å². The number of aliphatic hydroxyl groups is 1. The molecule has 88 valence electrons. The van der Waals surface area contributed by atoms with Gasteiger partial charge in [0.25, 0.3) is 0 Å². The fourth-order valence-corrected chi connectivity index (χ4v) is 1.49. The Kier molecular flexibility index (Phi) is 3.40. The van der Waals surface area contributed by atoms with E-state index >= 15 is 0 Å². The molecule has 0 saturated carbocycles. The molecule has 2 nitrogen and oxygen atoms in total. The van der Waals surface area contributed by atoms with E-state index in [1.54, 1.807) is 18.2 Å². The van der Waals surface area contributed by atoms with Gasteiger partial charge in [-0.15, -0.1) is 0 Å². The second-order valence-electron chi connectivity index (χ2n) is 3.86. The summed E-state index contributed by atoms with van der Waals surface area (Å²) in [7, 11) is 0. The zero-order chi connectivity index (χ0) is 12.3. The van der Waals surface area contributed by atoms with Crippen molar-refractivity contribution in [3.63, 3.8) is 0 Å². The van der Waals surface area contributed by atoms with E-state index in [4.69, 9.17) is 9.52 Å². The van der Waals surface area contributed by atoms with Crippen LogP contribution in [0.2, 0.25) is 0 Å². The smallest absolute Gasteiger partial charge is 0.134 e. The summed E-state index contributed by atoms with van der Waals surface area (Å²) in [6.07, 6.45) is 1.77. The Labute approximate surface area is 99.0 Å². The van der Waals surface area contributed by atoms with E-state index in [-0.39, 0.29) is 12.4 Å². The monoisotopic (exact) mass is 232 g/mol. The Morgan fingerprint density at radius 3 is 2.59 bits per heavy atom. The third-order valence-corrected chi connectivity index (χ3v) is 2.39. The normalized spacial score (nSPS) is 11.8. The maximum absolute atomic E-state index is 12.8. The van der Waals surface area contributed by atoms with E-state index in [1.165, 1.54) is 12.1 Å². The van der Waals surface area contributed by atoms with Gasteiger partial charge in [0.2, 0.25) is 0 Å². The Hall–Kier alpha value is -1.87. The molecule has 1 N–H and O–H groups in total. The van der Waals surface area contributed by atoms with Crippen LogP contribution in [0, 0.1) is 5.82 Å². The van der Waals surface area contributed by atoms with Gasteiger partial charge < -0.3 is 9.52 Å². The van der Waals surface area contributed by atoms with Gasteiger partial charge in [0, 0.05) is 5.56 Å². The number of aliphatic hydroxyl groups excluding tert-OH is 1. The number of rotatable bonds is 3. The first-order valence-corrected chi connectivity index (χ1v) is 5.33. The van der Waals surface area contributed by atoms with Crippen LogP contribution in [-0.2, 0) is 0 Å². The first-order valence-electron chi connectivity index (χ1n) is 5.33. The van der Waals surface area contributed by atoms with Gasteiger partial charge in [-0.3, -0.25) is 0 Å². The van der Waals surface area contributed by atoms with Crippen LogP contribution >= 0.6 is 0 Å². The van der Waals surface area contributed by atoms with Crippen LogP contribution < -0.4 is 0 Å². The highest BCUT2D eigenvalue weighted by molar-refractivity contribution is 5.60. The number of benzene rings is 1. The fraction of sp³-hybridized carbons (Fsp3) is 0.143. The SMILES string of the molecule is CC(=Cc1ccc(-c2ccc(F)cc2)o1)CO. The molecule has 0 aliphatic rings. The van der Waals surface area contributed by atoms with Crippen LogP contribution in [0.4, 0.5) is 4.39 Å². The van der Waals surface area contributed by atoms with E-state index in [0.717, 1.165) is 11.1 Å². The summed E-state index contributed by atoms with van der Waals surface area (Å²) >= 11 is 0. The highest BCUT2D eigenvalue weighted by Crippen LogP contribution is 2.23. The van der Waals surface area contributed by atoms with Crippen molar-refractivity contribution in [3.05, 3.63) is 53.5 Å². The summed E-state index contributed by atoms with van der Waals surface area (Å²) in [5.41, 5.74) is 1.65. The maximum Gasteiger partial charge on any atom is 0.134 e. The summed E-state index contributed by atoms with van der Waals surface area (Å²) in [5, 5.41) is 8.90. The lowest BCUT2D eigenvalue weighted by molar-refractivity contribution is 0.332. The molecule has 1 heterocycles. The summed E-state index contributed by atoms with van der Waals surface area (Å²) in [6, 6.07) is 9.77. The van der Waals surface area contributed by atoms with E-state index < -0.39 is 0 Å². The Morgan fingerprint density at radius 1 is 1.24 bits per heavy atom. The zero-order valence-corrected chi connectivity index (χ0v) is 9.48. The number of furan rings is 1. The molecule has 0 saturated heterocycles. The molecule has 1 aromatic carbocycles. The molecular weight excluding hydrogens is 219 g/mol. The molecule has 0 radical (unpaired) electrons. The van der Waals surface area contributed by atoms with Crippen molar-refractivity contribution in [1.29, 1.82) is 0 Å². The molecule has 0 fully saturated rings. The third-order valence-electron chi connectivity index (χ3n) is 2.39. The Morgan fingerprint density at radius 2 is 1.94 bits per heavy atom. The van der Waals surface area contributed by atoms with E-state index in [2.05, 4.69) is 0 Å². The van der Waals surface area contributed by atoms with Crippen LogP contribution in [-0.4, -0.2) is 11.7 Å². The maximum atomic E-state index is 12.8. The first kappa shape index (κ1) is 11.6. The van der Waals surface area contributed by atoms with Crippen LogP contribution in [0.15, 0.2) is 46.4 Å². The molecular formula is C14H13FO2. The van der Waals surface area contributed by atoms with Crippen molar-refractivity contribution >= 4 is 6.08 Å². The molecule has 2 aromatic rings. The predicted octanol–water partition coefficient (Wildman–Crippen LogP) is 3.48. The van der Waals surface area contributed by atoms with Gasteiger partial charge in [-0.25, -0.2) is 4.39 Å². The van der Waals surface area contributed by atoms with Gasteiger partial charge in [0.05, 0.1) is 6.61 Å². The fourth-order valence-electron chi connectivity index (χ4n) is 1.49. The molecule has 1 aromatic heterocycles. The van der Waals surface area contributed by atoms with E-state index in [9.17, 15) is 4.39 Å². The molecule has 17 heavy (non-hydrogen) atoms. The minimum Gasteiger partial charge on any atom is -0.457 e. The highest BCUT2D eigenvalue weighted by atomic mass is 19.1. The minimum absolute atomic E-state index is 0.00653. The predicted molar refractivity (Wildman–Crippen MR) is 64.8 cm³/mol. The van der Waals surface area contributed by atoms with Gasteiger partial charge in [-0.2, -0.15) is 0 Å². The van der Waals surface area contributed by atoms with Crippen molar-refractivity contribution in [2.75, 3.05) is 6.61 Å². The number of hydrogen-bond donors (Lipinski definition) is 1. The van der Waals surface area contributed by atoms with Crippen molar-refractivity contribution in [3.8, 4) is 11.3 Å². The molecule has 0 aliphatic heterocycles. The van der Waals surface area contributed by atoms with Crippen molar-refractivity contribution in [1.82, 2.24) is 0 Å². The Bertz CT molecular complexity index is 523. The van der Waals surface area contributed by atoms with Crippen LogP contribution in [0.25, 0.3) is 17.4 Å². The molecule has 0 aliphatic carbocycles. The van der Waals surface area contributed by atoms with E-state index in [1.807, 2.05) is 19.1 Å². The summed E-state index contributed by atoms with van der Waals surface area (Å²) in [6.45, 7) is 1.83. The third kappa shape index (κ3) is 2.82. The molecule has 3 heteroatoms. The highest BCUT2D eigenvalue weighted by Gasteiger charge is 2.03. The Balaban J connectivity index is 2.27. The second-order valence-corrected chi connectivity index (χ2v) is 3.86. The van der Waals surface area contributed by atoms with Gasteiger partial charge in [-0.1, -0.05) is 0 Å². The number of hydrogen-bond acceptors (Lipinski definition) is 2. The van der Waals surface area contributed by atoms with Crippen LogP contribution in [0.5, 0.6) is 0 Å². The number of halogens is 1. The van der Waals surface area contributed by atoms with Crippen molar-refractivity contribution in [2.24, 2.45) is 0 Å².